The van der Waals surface area contributed by atoms with E-state index in [0.717, 1.165) is 46.8 Å². The third-order valence-corrected chi connectivity index (χ3v) is 11.4. The van der Waals surface area contributed by atoms with E-state index in [0.29, 0.717) is 17.7 Å². The molecule has 4 amide bonds. The maximum absolute atomic E-state index is 13.2. The quantitative estimate of drug-likeness (QED) is 0.106. The molecule has 8 rings (SSSR count). The number of aliphatic hydroxyl groups is 1. The minimum Gasteiger partial charge on any atom is -0.394 e. The number of carbonyl (C=O) groups is 4. The Morgan fingerprint density at radius 1 is 1.00 bits per heavy atom. The standard InChI is InChI=1S/C40H38N6O5S/c47-23-33-29-13-17-45(21-24-11-15-41-16-12-24)38(29)30-20-26(7-8-32(30)43-33)25-3-1-4-27(19-25)42-37(49)14-18-52-35-6-2-5-28-31(35)22-46(40(28)51)34-9-10-36(48)44-39(34)50/h1-8,11-12,14-16,18-20,29,33-34,38,43,47H,9-10,13,17,21-23H2,(H,42,49)(H,44,48,50)/t29-,33-,34?,38-/m1/s1. The van der Waals surface area contributed by atoms with Crippen molar-refractivity contribution in [2.75, 3.05) is 23.8 Å². The predicted molar refractivity (Wildman–Crippen MR) is 198 cm³/mol. The summed E-state index contributed by atoms with van der Waals surface area (Å²) in [6, 6.07) is 23.2. The average Bonchev–Trinajstić information content (AvgIpc) is 3.73. The number of likely N-dealkylation sites (tertiary alicyclic amines) is 1. The van der Waals surface area contributed by atoms with E-state index in [2.05, 4.69) is 56.2 Å². The molecule has 5 heterocycles. The topological polar surface area (TPSA) is 144 Å². The number of fused-ring (bicyclic) bond motifs is 4. The van der Waals surface area contributed by atoms with Gasteiger partial charge in [-0.25, -0.2) is 0 Å². The number of hydrogen-bond acceptors (Lipinski definition) is 9. The first kappa shape index (κ1) is 33.8. The summed E-state index contributed by atoms with van der Waals surface area (Å²) < 4.78 is 0. The molecule has 1 unspecified atom stereocenters. The van der Waals surface area contributed by atoms with Crippen LogP contribution in [0.1, 0.15) is 52.4 Å². The first-order valence-electron chi connectivity index (χ1n) is 17.5. The largest absolute Gasteiger partial charge is 0.394 e. The van der Waals surface area contributed by atoms with Crippen molar-refractivity contribution in [1.29, 1.82) is 0 Å². The van der Waals surface area contributed by atoms with Gasteiger partial charge in [-0.3, -0.25) is 34.4 Å². The number of nitrogens with one attached hydrogen (secondary N) is 3. The van der Waals surface area contributed by atoms with Crippen LogP contribution in [0.15, 0.2) is 102 Å². The Hall–Kier alpha value is -5.30. The lowest BCUT2D eigenvalue weighted by Crippen LogP contribution is -2.52. The van der Waals surface area contributed by atoms with Crippen LogP contribution < -0.4 is 16.0 Å². The number of pyridine rings is 1. The zero-order valence-electron chi connectivity index (χ0n) is 28.3. The molecule has 264 valence electrons. The second kappa shape index (κ2) is 14.4. The van der Waals surface area contributed by atoms with Crippen LogP contribution in [0.2, 0.25) is 0 Å². The molecule has 52 heavy (non-hydrogen) atoms. The molecular formula is C40H38N6O5S. The Labute approximate surface area is 305 Å². The van der Waals surface area contributed by atoms with Crippen LogP contribution in [0.5, 0.6) is 0 Å². The second-order valence-electron chi connectivity index (χ2n) is 13.6. The fourth-order valence-corrected chi connectivity index (χ4v) is 8.85. The fraction of sp³-hybridized carbons (Fsp3) is 0.275. The van der Waals surface area contributed by atoms with Crippen LogP contribution in [-0.2, 0) is 27.5 Å². The molecule has 2 saturated heterocycles. The number of imide groups is 1. The highest BCUT2D eigenvalue weighted by Gasteiger charge is 2.44. The van der Waals surface area contributed by atoms with Gasteiger partial charge < -0.3 is 20.6 Å². The highest BCUT2D eigenvalue weighted by Crippen LogP contribution is 2.48. The van der Waals surface area contributed by atoms with Gasteiger partial charge in [0.25, 0.3) is 5.91 Å². The van der Waals surface area contributed by atoms with E-state index < -0.39 is 11.9 Å². The molecule has 4 aliphatic heterocycles. The highest BCUT2D eigenvalue weighted by molar-refractivity contribution is 8.02. The van der Waals surface area contributed by atoms with E-state index in [4.69, 9.17) is 0 Å². The van der Waals surface area contributed by atoms with Crippen molar-refractivity contribution < 1.29 is 24.3 Å². The van der Waals surface area contributed by atoms with E-state index in [1.54, 1.807) is 17.5 Å². The van der Waals surface area contributed by atoms with Crippen LogP contribution >= 0.6 is 11.8 Å². The molecule has 4 aromatic rings. The molecule has 4 atom stereocenters. The summed E-state index contributed by atoms with van der Waals surface area (Å²) in [4.78, 5) is 59.3. The number of piperidine rings is 1. The van der Waals surface area contributed by atoms with Crippen LogP contribution in [0.4, 0.5) is 11.4 Å². The summed E-state index contributed by atoms with van der Waals surface area (Å²) in [5.41, 5.74) is 7.47. The monoisotopic (exact) mass is 714 g/mol. The summed E-state index contributed by atoms with van der Waals surface area (Å²) in [6.07, 6.45) is 6.61. The van der Waals surface area contributed by atoms with Crippen LogP contribution in [-0.4, -0.2) is 68.8 Å². The fourth-order valence-electron chi connectivity index (χ4n) is 8.03. The summed E-state index contributed by atoms with van der Waals surface area (Å²) >= 11 is 1.34. The number of amides is 4. The molecular weight excluding hydrogens is 677 g/mol. The first-order valence-corrected chi connectivity index (χ1v) is 18.4. The number of hydrogen-bond donors (Lipinski definition) is 4. The van der Waals surface area contributed by atoms with Gasteiger partial charge in [0.1, 0.15) is 6.04 Å². The van der Waals surface area contributed by atoms with Gasteiger partial charge in [0.2, 0.25) is 17.7 Å². The average molecular weight is 715 g/mol. The summed E-state index contributed by atoms with van der Waals surface area (Å²) in [5.74, 6) is -1.01. The Morgan fingerprint density at radius 3 is 2.65 bits per heavy atom. The Bertz CT molecular complexity index is 2090. The lowest BCUT2D eigenvalue weighted by molar-refractivity contribution is -0.137. The number of benzene rings is 3. The van der Waals surface area contributed by atoms with Crippen molar-refractivity contribution in [1.82, 2.24) is 20.1 Å². The van der Waals surface area contributed by atoms with E-state index in [1.807, 2.05) is 42.7 Å². The van der Waals surface area contributed by atoms with E-state index in [-0.39, 0.29) is 55.3 Å². The number of rotatable bonds is 9. The molecule has 12 heteroatoms. The van der Waals surface area contributed by atoms with Crippen molar-refractivity contribution in [2.45, 2.75) is 55.4 Å². The molecule has 0 radical (unpaired) electrons. The summed E-state index contributed by atoms with van der Waals surface area (Å²) in [7, 11) is 0. The summed E-state index contributed by atoms with van der Waals surface area (Å²) in [5, 5.41) is 20.8. The number of aromatic nitrogens is 1. The SMILES string of the molecule is O=C(C=CSc1cccc2c1CN(C1CCC(=O)NC1=O)C2=O)Nc1cccc(-c2ccc3c(c2)[C@H]2[C@H](CCN2Cc2ccncc2)[C@@H](CO)N3)c1. The van der Waals surface area contributed by atoms with Crippen molar-refractivity contribution in [3.63, 3.8) is 0 Å². The van der Waals surface area contributed by atoms with Gasteiger partial charge in [-0.1, -0.05) is 36.0 Å². The zero-order chi connectivity index (χ0) is 35.8. The summed E-state index contributed by atoms with van der Waals surface area (Å²) in [6.45, 7) is 2.10. The molecule has 3 aromatic carbocycles. The van der Waals surface area contributed by atoms with E-state index >= 15 is 0 Å². The smallest absolute Gasteiger partial charge is 0.255 e. The maximum Gasteiger partial charge on any atom is 0.255 e. The van der Waals surface area contributed by atoms with Gasteiger partial charge in [-0.05, 0) is 101 Å². The molecule has 0 bridgehead atoms. The number of anilines is 2. The van der Waals surface area contributed by atoms with Crippen molar-refractivity contribution in [3.8, 4) is 11.1 Å². The molecule has 0 spiro atoms. The zero-order valence-corrected chi connectivity index (χ0v) is 29.1. The lowest BCUT2D eigenvalue weighted by atomic mass is 9.82. The van der Waals surface area contributed by atoms with E-state index in [1.165, 1.54) is 33.9 Å². The van der Waals surface area contributed by atoms with Gasteiger partial charge in [-0.15, -0.1) is 0 Å². The number of carbonyl (C=O) groups excluding carboxylic acids is 4. The molecule has 11 nitrogen and oxygen atoms in total. The molecule has 1 aromatic heterocycles. The molecule has 4 aliphatic rings. The molecule has 0 aliphatic carbocycles. The molecule has 2 fully saturated rings. The third kappa shape index (κ3) is 6.60. The third-order valence-electron chi connectivity index (χ3n) is 10.5. The first-order chi connectivity index (χ1) is 25.4. The lowest BCUT2D eigenvalue weighted by Gasteiger charge is -2.39. The van der Waals surface area contributed by atoms with Crippen molar-refractivity contribution in [3.05, 3.63) is 119 Å². The Morgan fingerprint density at radius 2 is 1.83 bits per heavy atom. The molecule has 0 saturated carbocycles. The van der Waals surface area contributed by atoms with Gasteiger partial charge in [0, 0.05) is 71.8 Å². The van der Waals surface area contributed by atoms with Crippen LogP contribution in [0, 0.1) is 5.92 Å². The van der Waals surface area contributed by atoms with Gasteiger partial charge in [0.15, 0.2) is 0 Å². The Kier molecular flexibility index (Phi) is 9.35. The number of thioether (sulfide) groups is 1. The van der Waals surface area contributed by atoms with Gasteiger partial charge in [-0.2, -0.15) is 0 Å². The van der Waals surface area contributed by atoms with Crippen LogP contribution in [0.3, 0.4) is 0 Å². The minimum atomic E-state index is -0.684. The van der Waals surface area contributed by atoms with Crippen molar-refractivity contribution in [2.24, 2.45) is 5.92 Å². The van der Waals surface area contributed by atoms with E-state index in [9.17, 15) is 24.3 Å². The molecule has 4 N–H and O–H groups in total. The van der Waals surface area contributed by atoms with Gasteiger partial charge in [0.05, 0.1) is 12.6 Å². The normalized spacial score (nSPS) is 22.5. The number of aliphatic hydroxyl groups excluding tert-OH is 1. The predicted octanol–water partition coefficient (Wildman–Crippen LogP) is 5.10. The van der Waals surface area contributed by atoms with Crippen LogP contribution in [0.25, 0.3) is 11.1 Å². The van der Waals surface area contributed by atoms with Gasteiger partial charge >= 0.3 is 0 Å². The number of nitrogens with zero attached hydrogens (tertiary/aromatic N) is 3. The minimum absolute atomic E-state index is 0.00613. The Balaban J connectivity index is 0.950. The maximum atomic E-state index is 13.2. The second-order valence-corrected chi connectivity index (χ2v) is 14.6. The van der Waals surface area contributed by atoms with Crippen molar-refractivity contribution >= 4 is 46.8 Å². The highest BCUT2D eigenvalue weighted by atomic mass is 32.2.